The molecule has 0 aliphatic carbocycles. The maximum absolute atomic E-state index is 9.63. The van der Waals surface area contributed by atoms with E-state index in [1.807, 2.05) is 0 Å². The van der Waals surface area contributed by atoms with Gasteiger partial charge in [0, 0.05) is 13.1 Å². The summed E-state index contributed by atoms with van der Waals surface area (Å²) < 4.78 is 10.6. The predicted octanol–water partition coefficient (Wildman–Crippen LogP) is -3.23. The minimum Gasteiger partial charge on any atom is -0.394 e. The first-order chi connectivity index (χ1) is 7.63. The molecule has 16 heavy (non-hydrogen) atoms. The van der Waals surface area contributed by atoms with E-state index in [1.165, 1.54) is 0 Å². The van der Waals surface area contributed by atoms with E-state index in [0.29, 0.717) is 13.1 Å². The van der Waals surface area contributed by atoms with Crippen molar-refractivity contribution in [3.8, 4) is 0 Å². The van der Waals surface area contributed by atoms with Crippen LogP contribution in [0.4, 0.5) is 0 Å². The van der Waals surface area contributed by atoms with E-state index >= 15 is 0 Å². The fourth-order valence-corrected chi connectivity index (χ4v) is 1.73. The maximum atomic E-state index is 9.63. The number of rotatable bonds is 3. The molecular formula is C9H17NO6. The standard InChI is InChI=1S/C9H17NO6/c11-3-5-6(12)7(13)8(14)9(16-5)15-4-1-10-2-4/h4-14H,1-3H2/t5?,6-,7+,8?,9+/m1/s1. The fraction of sp³-hybridized carbons (Fsp3) is 1.00. The van der Waals surface area contributed by atoms with Crippen molar-refractivity contribution in [3.05, 3.63) is 0 Å². The zero-order valence-corrected chi connectivity index (χ0v) is 8.69. The normalized spacial score (nSPS) is 45.4. The van der Waals surface area contributed by atoms with Gasteiger partial charge in [-0.1, -0.05) is 0 Å². The molecular weight excluding hydrogens is 218 g/mol. The van der Waals surface area contributed by atoms with Crippen molar-refractivity contribution in [2.75, 3.05) is 19.7 Å². The second kappa shape index (κ2) is 4.92. The Morgan fingerprint density at radius 2 is 1.81 bits per heavy atom. The van der Waals surface area contributed by atoms with Gasteiger partial charge in [-0.25, -0.2) is 0 Å². The van der Waals surface area contributed by atoms with E-state index < -0.39 is 37.3 Å². The van der Waals surface area contributed by atoms with Gasteiger partial charge in [0.05, 0.1) is 12.7 Å². The van der Waals surface area contributed by atoms with E-state index in [-0.39, 0.29) is 6.10 Å². The molecule has 2 unspecified atom stereocenters. The van der Waals surface area contributed by atoms with Crippen molar-refractivity contribution < 1.29 is 29.9 Å². The summed E-state index contributed by atoms with van der Waals surface area (Å²) in [6.45, 7) is 0.887. The third-order valence-corrected chi connectivity index (χ3v) is 2.92. The van der Waals surface area contributed by atoms with Gasteiger partial charge in [0.1, 0.15) is 24.4 Å². The van der Waals surface area contributed by atoms with Crippen LogP contribution in [-0.2, 0) is 9.47 Å². The van der Waals surface area contributed by atoms with Crippen LogP contribution in [0.25, 0.3) is 0 Å². The van der Waals surface area contributed by atoms with Crippen molar-refractivity contribution in [2.45, 2.75) is 36.8 Å². The minimum atomic E-state index is -1.37. The van der Waals surface area contributed by atoms with Crippen molar-refractivity contribution in [1.29, 1.82) is 0 Å². The molecule has 5 N–H and O–H groups in total. The lowest BCUT2D eigenvalue weighted by molar-refractivity contribution is -0.313. The Morgan fingerprint density at radius 3 is 2.31 bits per heavy atom. The van der Waals surface area contributed by atoms with E-state index in [1.54, 1.807) is 0 Å². The van der Waals surface area contributed by atoms with Gasteiger partial charge in [-0.15, -0.1) is 0 Å². The van der Waals surface area contributed by atoms with Crippen molar-refractivity contribution in [2.24, 2.45) is 0 Å². The van der Waals surface area contributed by atoms with E-state index in [2.05, 4.69) is 5.32 Å². The second-order valence-corrected chi connectivity index (χ2v) is 4.11. The lowest BCUT2D eigenvalue weighted by Gasteiger charge is -2.42. The Labute approximate surface area is 92.6 Å². The molecule has 2 fully saturated rings. The highest BCUT2D eigenvalue weighted by molar-refractivity contribution is 4.90. The summed E-state index contributed by atoms with van der Waals surface area (Å²) in [6.07, 6.45) is -6.00. The fourth-order valence-electron chi connectivity index (χ4n) is 1.73. The Hall–Kier alpha value is -0.280. The van der Waals surface area contributed by atoms with Crippen LogP contribution in [0.1, 0.15) is 0 Å². The summed E-state index contributed by atoms with van der Waals surface area (Å²) in [5, 5.41) is 40.6. The quantitative estimate of drug-likeness (QED) is 0.350. The first-order valence-electron chi connectivity index (χ1n) is 5.30. The van der Waals surface area contributed by atoms with E-state index in [4.69, 9.17) is 14.6 Å². The highest BCUT2D eigenvalue weighted by atomic mass is 16.7. The van der Waals surface area contributed by atoms with Gasteiger partial charge in [-0.3, -0.25) is 0 Å². The van der Waals surface area contributed by atoms with Crippen LogP contribution in [0.3, 0.4) is 0 Å². The summed E-state index contributed by atoms with van der Waals surface area (Å²) in [6, 6.07) is 0. The SMILES string of the molecule is OCC1O[C@H](OC2CNC2)C(O)[C@@H](O)[C@@H]1O. The Morgan fingerprint density at radius 1 is 1.12 bits per heavy atom. The molecule has 2 saturated heterocycles. The van der Waals surface area contributed by atoms with Gasteiger partial charge in [0.2, 0.25) is 0 Å². The van der Waals surface area contributed by atoms with E-state index in [0.717, 1.165) is 0 Å². The van der Waals surface area contributed by atoms with Crippen LogP contribution in [0.5, 0.6) is 0 Å². The number of hydrogen-bond acceptors (Lipinski definition) is 7. The molecule has 0 aromatic heterocycles. The molecule has 0 aromatic carbocycles. The van der Waals surface area contributed by atoms with Crippen LogP contribution in [0.2, 0.25) is 0 Å². The smallest absolute Gasteiger partial charge is 0.187 e. The summed E-state index contributed by atoms with van der Waals surface area (Å²) in [7, 11) is 0. The zero-order valence-electron chi connectivity index (χ0n) is 8.69. The number of nitrogens with one attached hydrogen (secondary N) is 1. The van der Waals surface area contributed by atoms with Crippen LogP contribution < -0.4 is 5.32 Å². The number of hydrogen-bond donors (Lipinski definition) is 5. The molecule has 5 atom stereocenters. The average Bonchev–Trinajstić information content (AvgIpc) is 2.23. The first kappa shape index (κ1) is 12.2. The summed E-state index contributed by atoms with van der Waals surface area (Å²) in [5.74, 6) is 0. The van der Waals surface area contributed by atoms with Gasteiger partial charge in [0.15, 0.2) is 6.29 Å². The van der Waals surface area contributed by atoms with Gasteiger partial charge < -0.3 is 35.2 Å². The molecule has 2 aliphatic rings. The van der Waals surface area contributed by atoms with Crippen LogP contribution in [-0.4, -0.2) is 76.9 Å². The molecule has 2 heterocycles. The molecule has 0 spiro atoms. The molecule has 94 valence electrons. The van der Waals surface area contributed by atoms with Crippen LogP contribution in [0, 0.1) is 0 Å². The van der Waals surface area contributed by atoms with Crippen molar-refractivity contribution in [3.63, 3.8) is 0 Å². The Balaban J connectivity index is 1.95. The van der Waals surface area contributed by atoms with Crippen molar-refractivity contribution in [1.82, 2.24) is 5.32 Å². The van der Waals surface area contributed by atoms with Crippen LogP contribution >= 0.6 is 0 Å². The monoisotopic (exact) mass is 235 g/mol. The zero-order chi connectivity index (χ0) is 11.7. The highest BCUT2D eigenvalue weighted by Gasteiger charge is 2.45. The lowest BCUT2D eigenvalue weighted by Crippen LogP contribution is -2.61. The van der Waals surface area contributed by atoms with Gasteiger partial charge in [-0.2, -0.15) is 0 Å². The second-order valence-electron chi connectivity index (χ2n) is 4.11. The van der Waals surface area contributed by atoms with Gasteiger partial charge >= 0.3 is 0 Å². The molecule has 0 amide bonds. The Bertz CT molecular complexity index is 234. The summed E-state index contributed by atoms with van der Waals surface area (Å²) in [5.41, 5.74) is 0. The maximum Gasteiger partial charge on any atom is 0.187 e. The Kier molecular flexibility index (Phi) is 3.75. The first-order valence-corrected chi connectivity index (χ1v) is 5.30. The van der Waals surface area contributed by atoms with Gasteiger partial charge in [-0.05, 0) is 0 Å². The topological polar surface area (TPSA) is 111 Å². The lowest BCUT2D eigenvalue weighted by atomic mass is 9.99. The van der Waals surface area contributed by atoms with E-state index in [9.17, 15) is 15.3 Å². The summed E-state index contributed by atoms with van der Waals surface area (Å²) in [4.78, 5) is 0. The molecule has 7 nitrogen and oxygen atoms in total. The third-order valence-electron chi connectivity index (χ3n) is 2.92. The number of aliphatic hydroxyl groups excluding tert-OH is 4. The average molecular weight is 235 g/mol. The molecule has 2 aliphatic heterocycles. The number of aliphatic hydroxyl groups is 4. The molecule has 0 aromatic rings. The van der Waals surface area contributed by atoms with Gasteiger partial charge in [0.25, 0.3) is 0 Å². The van der Waals surface area contributed by atoms with Crippen molar-refractivity contribution >= 4 is 0 Å². The largest absolute Gasteiger partial charge is 0.394 e. The molecule has 0 saturated carbocycles. The summed E-state index contributed by atoms with van der Waals surface area (Å²) >= 11 is 0. The molecule has 0 bridgehead atoms. The molecule has 7 heteroatoms. The minimum absolute atomic E-state index is 0.0681. The highest BCUT2D eigenvalue weighted by Crippen LogP contribution is 2.23. The predicted molar refractivity (Wildman–Crippen MR) is 51.5 cm³/mol. The van der Waals surface area contributed by atoms with Crippen LogP contribution in [0.15, 0.2) is 0 Å². The third kappa shape index (κ3) is 2.21. The molecule has 2 rings (SSSR count). The molecule has 0 radical (unpaired) electrons. The number of ether oxygens (including phenoxy) is 2.